The number of rotatable bonds is 10. The topological polar surface area (TPSA) is 94.6 Å². The van der Waals surface area contributed by atoms with Gasteiger partial charge in [-0.05, 0) is 62.4 Å². The number of aromatic nitrogens is 1. The lowest BCUT2D eigenvalue weighted by Crippen LogP contribution is -2.48. The van der Waals surface area contributed by atoms with Gasteiger partial charge in [0.25, 0.3) is 0 Å². The van der Waals surface area contributed by atoms with Crippen molar-refractivity contribution in [2.24, 2.45) is 0 Å². The van der Waals surface area contributed by atoms with Gasteiger partial charge in [0.2, 0.25) is 0 Å². The summed E-state index contributed by atoms with van der Waals surface area (Å²) >= 11 is 0. The van der Waals surface area contributed by atoms with Crippen molar-refractivity contribution < 1.29 is 13.5 Å². The molecule has 0 radical (unpaired) electrons. The Labute approximate surface area is 221 Å². The van der Waals surface area contributed by atoms with Gasteiger partial charge in [0.05, 0.1) is 6.10 Å². The van der Waals surface area contributed by atoms with Gasteiger partial charge in [-0.25, -0.2) is 0 Å². The minimum absolute atomic E-state index is 0.207. The van der Waals surface area contributed by atoms with Gasteiger partial charge in [-0.3, -0.25) is 9.71 Å². The van der Waals surface area contributed by atoms with Gasteiger partial charge in [0.1, 0.15) is 0 Å². The van der Waals surface area contributed by atoms with Crippen LogP contribution in [0, 0.1) is 0 Å². The molecule has 0 spiro atoms. The molecule has 3 aromatic rings. The van der Waals surface area contributed by atoms with Gasteiger partial charge in [-0.15, -0.1) is 0 Å². The Kier molecular flexibility index (Phi) is 8.33. The van der Waals surface area contributed by atoms with Crippen LogP contribution >= 0.6 is 0 Å². The summed E-state index contributed by atoms with van der Waals surface area (Å²) in [6, 6.07) is 21.4. The van der Waals surface area contributed by atoms with Gasteiger partial charge in [-0.1, -0.05) is 55.5 Å². The molecule has 0 aliphatic carbocycles. The number of anilines is 1. The maximum atomic E-state index is 13.2. The molecule has 3 N–H and O–H groups in total. The molecule has 4 rings (SSSR count). The molecule has 8 heteroatoms. The summed E-state index contributed by atoms with van der Waals surface area (Å²) in [5, 5.41) is 13.9. The molecule has 2 atom stereocenters. The van der Waals surface area contributed by atoms with Crippen molar-refractivity contribution in [2.75, 3.05) is 24.4 Å². The van der Waals surface area contributed by atoms with E-state index in [2.05, 4.69) is 47.9 Å². The normalized spacial score (nSPS) is 19.9. The SMILES string of the molecule is CC(C)(Cc1ccc(NS(=O)(=O)N2CCCC(C)(c3ccccc3)C2)cc1)NC[C@@H](O)c1cccnc1. The molecule has 2 aromatic carbocycles. The molecule has 7 nitrogen and oxygen atoms in total. The Hall–Kier alpha value is -2.78. The van der Waals surface area contributed by atoms with Gasteiger partial charge in [0, 0.05) is 54.2 Å². The predicted molar refractivity (Wildman–Crippen MR) is 149 cm³/mol. The standard InChI is InChI=1S/C29H38N4O3S/c1-28(2,31-21-27(34)24-9-7-17-30-20-24)19-23-12-14-26(15-13-23)32-37(35,36)33-18-8-16-29(3,22-33)25-10-5-4-6-11-25/h4-7,9-15,17,20,27,31-32,34H,8,16,18-19,21-22H2,1-3H3/t27-,29?/m1/s1. The van der Waals surface area contributed by atoms with Crippen molar-refractivity contribution in [1.82, 2.24) is 14.6 Å². The highest BCUT2D eigenvalue weighted by molar-refractivity contribution is 7.90. The van der Waals surface area contributed by atoms with E-state index >= 15 is 0 Å². The van der Waals surface area contributed by atoms with Crippen molar-refractivity contribution in [1.29, 1.82) is 0 Å². The fraction of sp³-hybridized carbons (Fsp3) is 0.414. The fourth-order valence-corrected chi connectivity index (χ4v) is 6.40. The predicted octanol–water partition coefficient (Wildman–Crippen LogP) is 4.44. The van der Waals surface area contributed by atoms with E-state index in [-0.39, 0.29) is 11.0 Å². The first-order valence-corrected chi connectivity index (χ1v) is 14.3. The van der Waals surface area contributed by atoms with Crippen LogP contribution in [0.25, 0.3) is 0 Å². The lowest BCUT2D eigenvalue weighted by molar-refractivity contribution is 0.160. The summed E-state index contributed by atoms with van der Waals surface area (Å²) in [7, 11) is -3.67. The first-order valence-electron chi connectivity index (χ1n) is 12.8. The molecule has 0 amide bonds. The number of piperidine rings is 1. The number of nitrogens with one attached hydrogen (secondary N) is 2. The van der Waals surface area contributed by atoms with Crippen molar-refractivity contribution in [3.8, 4) is 0 Å². The smallest absolute Gasteiger partial charge is 0.301 e. The highest BCUT2D eigenvalue weighted by atomic mass is 32.2. The summed E-state index contributed by atoms with van der Waals surface area (Å²) in [4.78, 5) is 4.06. The molecule has 1 unspecified atom stereocenters. The van der Waals surface area contributed by atoms with Crippen LogP contribution < -0.4 is 10.0 Å². The molecule has 1 aliphatic rings. The van der Waals surface area contributed by atoms with Crippen LogP contribution in [-0.4, -0.2) is 48.0 Å². The molecule has 1 aromatic heterocycles. The summed E-state index contributed by atoms with van der Waals surface area (Å²) < 4.78 is 30.8. The zero-order chi connectivity index (χ0) is 26.5. The molecule has 1 saturated heterocycles. The maximum absolute atomic E-state index is 13.2. The molecular weight excluding hydrogens is 484 g/mol. The van der Waals surface area contributed by atoms with E-state index in [1.165, 1.54) is 5.56 Å². The summed E-state index contributed by atoms with van der Waals surface area (Å²) in [5.74, 6) is 0. The third-order valence-electron chi connectivity index (χ3n) is 7.16. The van der Waals surface area contributed by atoms with Crippen LogP contribution in [0.5, 0.6) is 0 Å². The number of hydrogen-bond acceptors (Lipinski definition) is 5. The molecule has 1 aliphatic heterocycles. The fourth-order valence-electron chi connectivity index (χ4n) is 5.02. The second kappa shape index (κ2) is 11.3. The Morgan fingerprint density at radius 1 is 1.08 bits per heavy atom. The van der Waals surface area contributed by atoms with Crippen LogP contribution in [0.2, 0.25) is 0 Å². The van der Waals surface area contributed by atoms with Gasteiger partial charge in [0.15, 0.2) is 0 Å². The van der Waals surface area contributed by atoms with E-state index in [0.717, 1.165) is 30.4 Å². The quantitative estimate of drug-likeness (QED) is 0.366. The lowest BCUT2D eigenvalue weighted by atomic mass is 9.77. The number of hydrogen-bond donors (Lipinski definition) is 3. The van der Waals surface area contributed by atoms with Crippen molar-refractivity contribution in [2.45, 2.75) is 57.1 Å². The monoisotopic (exact) mass is 522 g/mol. The number of nitrogens with zero attached hydrogens (tertiary/aromatic N) is 2. The summed E-state index contributed by atoms with van der Waals surface area (Å²) in [6.07, 6.45) is 5.23. The van der Waals surface area contributed by atoms with Crippen molar-refractivity contribution >= 4 is 15.9 Å². The average molecular weight is 523 g/mol. The first kappa shape index (κ1) is 27.3. The molecule has 0 bridgehead atoms. The van der Waals surface area contributed by atoms with Gasteiger partial charge >= 0.3 is 10.2 Å². The van der Waals surface area contributed by atoms with Crippen LogP contribution in [0.15, 0.2) is 79.1 Å². The highest BCUT2D eigenvalue weighted by Gasteiger charge is 2.37. The second-order valence-electron chi connectivity index (χ2n) is 10.9. The third kappa shape index (κ3) is 7.17. The molecule has 2 heterocycles. The summed E-state index contributed by atoms with van der Waals surface area (Å²) in [5.41, 5.74) is 3.10. The van der Waals surface area contributed by atoms with E-state index in [1.807, 2.05) is 54.6 Å². The minimum Gasteiger partial charge on any atom is -0.387 e. The molecule has 0 saturated carbocycles. The zero-order valence-electron chi connectivity index (χ0n) is 21.9. The largest absolute Gasteiger partial charge is 0.387 e. The highest BCUT2D eigenvalue weighted by Crippen LogP contribution is 2.34. The average Bonchev–Trinajstić information content (AvgIpc) is 2.89. The van der Waals surface area contributed by atoms with E-state index in [0.29, 0.717) is 25.3 Å². The molecule has 1 fully saturated rings. The molecular formula is C29H38N4O3S. The van der Waals surface area contributed by atoms with E-state index in [1.54, 1.807) is 16.7 Å². The first-order chi connectivity index (χ1) is 17.6. The number of benzene rings is 2. The van der Waals surface area contributed by atoms with E-state index in [4.69, 9.17) is 0 Å². The van der Waals surface area contributed by atoms with Crippen LogP contribution in [-0.2, 0) is 22.0 Å². The van der Waals surface area contributed by atoms with E-state index in [9.17, 15) is 13.5 Å². The summed E-state index contributed by atoms with van der Waals surface area (Å²) in [6.45, 7) is 7.69. The van der Waals surface area contributed by atoms with Crippen LogP contribution in [0.4, 0.5) is 5.69 Å². The maximum Gasteiger partial charge on any atom is 0.301 e. The van der Waals surface area contributed by atoms with Gasteiger partial charge in [-0.2, -0.15) is 12.7 Å². The molecule has 37 heavy (non-hydrogen) atoms. The van der Waals surface area contributed by atoms with Crippen molar-refractivity contribution in [3.63, 3.8) is 0 Å². The lowest BCUT2D eigenvalue weighted by Gasteiger charge is -2.40. The Morgan fingerprint density at radius 3 is 2.49 bits per heavy atom. The zero-order valence-corrected chi connectivity index (χ0v) is 22.7. The van der Waals surface area contributed by atoms with Crippen LogP contribution in [0.1, 0.15) is 56.4 Å². The van der Waals surface area contributed by atoms with Crippen molar-refractivity contribution in [3.05, 3.63) is 95.8 Å². The number of β-amino-alcohol motifs (C(OH)–C–C–N with tert-alkyl or cyclic N) is 1. The minimum atomic E-state index is -3.67. The molecule has 198 valence electrons. The Morgan fingerprint density at radius 2 is 1.81 bits per heavy atom. The number of aliphatic hydroxyl groups excluding tert-OH is 1. The third-order valence-corrected chi connectivity index (χ3v) is 8.65. The number of aliphatic hydroxyl groups is 1. The van der Waals surface area contributed by atoms with Gasteiger partial charge < -0.3 is 10.4 Å². The van der Waals surface area contributed by atoms with Crippen LogP contribution in [0.3, 0.4) is 0 Å². The Balaban J connectivity index is 1.34. The second-order valence-corrected chi connectivity index (χ2v) is 12.6. The number of pyridine rings is 1. The van der Waals surface area contributed by atoms with E-state index < -0.39 is 16.3 Å². The Bertz CT molecular complexity index is 1250.